The van der Waals surface area contributed by atoms with E-state index in [9.17, 15) is 5.11 Å². The van der Waals surface area contributed by atoms with Crippen molar-refractivity contribution >= 4 is 0 Å². The van der Waals surface area contributed by atoms with Crippen LogP contribution in [0, 0.1) is 11.3 Å². The molecule has 0 radical (unpaired) electrons. The van der Waals surface area contributed by atoms with Crippen LogP contribution in [0.2, 0.25) is 0 Å². The molecule has 2 fully saturated rings. The zero-order valence-electron chi connectivity index (χ0n) is 14.5. The van der Waals surface area contributed by atoms with Crippen LogP contribution in [0.5, 0.6) is 0 Å². The maximum Gasteiger partial charge on any atom is 0.0632 e. The minimum Gasteiger partial charge on any atom is -0.390 e. The highest BCUT2D eigenvalue weighted by molar-refractivity contribution is 4.90. The summed E-state index contributed by atoms with van der Waals surface area (Å²) in [6.07, 6.45) is 8.54. The summed E-state index contributed by atoms with van der Waals surface area (Å²) in [6.45, 7) is 12.3. The molecule has 1 aliphatic heterocycles. The summed E-state index contributed by atoms with van der Waals surface area (Å²) in [7, 11) is 0. The van der Waals surface area contributed by atoms with E-state index in [-0.39, 0.29) is 0 Å². The highest BCUT2D eigenvalue weighted by Gasteiger charge is 2.36. The number of rotatable bonds is 5. The van der Waals surface area contributed by atoms with Crippen molar-refractivity contribution in [3.63, 3.8) is 0 Å². The van der Waals surface area contributed by atoms with Gasteiger partial charge in [-0.1, -0.05) is 26.7 Å². The van der Waals surface area contributed by atoms with Gasteiger partial charge < -0.3 is 15.3 Å². The van der Waals surface area contributed by atoms with Crippen molar-refractivity contribution in [1.29, 1.82) is 0 Å². The van der Waals surface area contributed by atoms with Crippen LogP contribution in [0.4, 0.5) is 0 Å². The quantitative estimate of drug-likeness (QED) is 0.818. The molecule has 0 spiro atoms. The molecule has 0 aromatic heterocycles. The first kappa shape index (κ1) is 17.2. The van der Waals surface area contributed by atoms with Gasteiger partial charge in [-0.2, -0.15) is 0 Å². The molecule has 0 aromatic carbocycles. The van der Waals surface area contributed by atoms with Crippen molar-refractivity contribution < 1.29 is 5.11 Å². The van der Waals surface area contributed by atoms with Gasteiger partial charge in [0.1, 0.15) is 0 Å². The molecule has 3 heteroatoms. The van der Waals surface area contributed by atoms with Gasteiger partial charge in [-0.25, -0.2) is 0 Å². The summed E-state index contributed by atoms with van der Waals surface area (Å²) in [4.78, 5) is 2.63. The van der Waals surface area contributed by atoms with Gasteiger partial charge in [-0.15, -0.1) is 0 Å². The van der Waals surface area contributed by atoms with Crippen molar-refractivity contribution in [1.82, 2.24) is 10.2 Å². The van der Waals surface area contributed by atoms with E-state index >= 15 is 0 Å². The first-order chi connectivity index (χ1) is 9.95. The van der Waals surface area contributed by atoms with E-state index in [2.05, 4.69) is 24.1 Å². The molecule has 2 rings (SSSR count). The lowest BCUT2D eigenvalue weighted by molar-refractivity contribution is 0.0399. The molecule has 124 valence electrons. The van der Waals surface area contributed by atoms with Crippen molar-refractivity contribution in [2.75, 3.05) is 32.7 Å². The van der Waals surface area contributed by atoms with Crippen LogP contribution < -0.4 is 5.32 Å². The Morgan fingerprint density at radius 2 is 1.86 bits per heavy atom. The normalized spacial score (nSPS) is 39.1. The predicted octanol–water partition coefficient (Wildman–Crippen LogP) is 3.03. The SMILES string of the molecule is CCNCC1(CN2CCCC(C)(O)CC2)CCC(C)CC1. The number of nitrogens with one attached hydrogen (secondary N) is 1. The molecule has 1 saturated carbocycles. The van der Waals surface area contributed by atoms with E-state index in [1.807, 2.05) is 6.92 Å². The Labute approximate surface area is 131 Å². The van der Waals surface area contributed by atoms with E-state index < -0.39 is 5.60 Å². The number of aliphatic hydroxyl groups is 1. The average molecular weight is 296 g/mol. The number of hydrogen-bond donors (Lipinski definition) is 2. The number of likely N-dealkylation sites (tertiary alicyclic amines) is 1. The lowest BCUT2D eigenvalue weighted by Crippen LogP contribution is -2.46. The summed E-state index contributed by atoms with van der Waals surface area (Å²) in [5.41, 5.74) is 0.0311. The van der Waals surface area contributed by atoms with Crippen LogP contribution in [-0.2, 0) is 0 Å². The second-order valence-electron chi connectivity index (χ2n) is 8.09. The molecule has 0 aromatic rings. The Balaban J connectivity index is 1.94. The highest BCUT2D eigenvalue weighted by atomic mass is 16.3. The Hall–Kier alpha value is -0.120. The molecule has 2 aliphatic rings. The van der Waals surface area contributed by atoms with Gasteiger partial charge in [0.2, 0.25) is 0 Å². The second-order valence-corrected chi connectivity index (χ2v) is 8.09. The number of hydrogen-bond acceptors (Lipinski definition) is 3. The van der Waals surface area contributed by atoms with E-state index in [1.165, 1.54) is 45.3 Å². The fourth-order valence-electron chi connectivity index (χ4n) is 4.11. The van der Waals surface area contributed by atoms with E-state index in [1.54, 1.807) is 0 Å². The van der Waals surface area contributed by atoms with Crippen molar-refractivity contribution in [2.45, 2.75) is 71.3 Å². The van der Waals surface area contributed by atoms with Gasteiger partial charge >= 0.3 is 0 Å². The van der Waals surface area contributed by atoms with Gasteiger partial charge in [0.25, 0.3) is 0 Å². The third kappa shape index (κ3) is 5.22. The average Bonchev–Trinajstić information content (AvgIpc) is 2.61. The van der Waals surface area contributed by atoms with Gasteiger partial charge in [-0.3, -0.25) is 0 Å². The zero-order chi connectivity index (χ0) is 15.3. The van der Waals surface area contributed by atoms with Crippen molar-refractivity contribution in [2.24, 2.45) is 11.3 Å². The first-order valence-electron chi connectivity index (χ1n) is 9.10. The fraction of sp³-hybridized carbons (Fsp3) is 1.00. The van der Waals surface area contributed by atoms with Crippen molar-refractivity contribution in [3.05, 3.63) is 0 Å². The Morgan fingerprint density at radius 3 is 2.52 bits per heavy atom. The molecule has 1 heterocycles. The minimum atomic E-state index is -0.440. The Morgan fingerprint density at radius 1 is 1.14 bits per heavy atom. The first-order valence-corrected chi connectivity index (χ1v) is 9.10. The molecule has 1 aliphatic carbocycles. The number of nitrogens with zero attached hydrogens (tertiary/aromatic N) is 1. The monoisotopic (exact) mass is 296 g/mol. The van der Waals surface area contributed by atoms with Crippen LogP contribution in [0.3, 0.4) is 0 Å². The van der Waals surface area contributed by atoms with Gasteiger partial charge in [0.05, 0.1) is 5.60 Å². The second kappa shape index (κ2) is 7.43. The predicted molar refractivity (Wildman–Crippen MR) is 89.5 cm³/mol. The maximum atomic E-state index is 10.3. The maximum absolute atomic E-state index is 10.3. The van der Waals surface area contributed by atoms with Crippen LogP contribution in [-0.4, -0.2) is 48.3 Å². The summed E-state index contributed by atoms with van der Waals surface area (Å²) >= 11 is 0. The molecular formula is C18H36N2O. The van der Waals surface area contributed by atoms with Gasteiger partial charge in [0, 0.05) is 19.6 Å². The highest BCUT2D eigenvalue weighted by Crippen LogP contribution is 2.39. The van der Waals surface area contributed by atoms with E-state index in [0.29, 0.717) is 5.41 Å². The molecule has 1 unspecified atom stereocenters. The van der Waals surface area contributed by atoms with Crippen molar-refractivity contribution in [3.8, 4) is 0 Å². The third-order valence-corrected chi connectivity index (χ3v) is 5.80. The minimum absolute atomic E-state index is 0.440. The van der Waals surface area contributed by atoms with E-state index in [0.717, 1.165) is 38.3 Å². The molecule has 3 nitrogen and oxygen atoms in total. The standard InChI is InChI=1S/C18H36N2O/c1-4-19-14-18(9-6-16(2)7-10-18)15-20-12-5-8-17(3,21)11-13-20/h16,19,21H,4-15H2,1-3H3. The fourth-order valence-corrected chi connectivity index (χ4v) is 4.11. The summed E-state index contributed by atoms with van der Waals surface area (Å²) in [5, 5.41) is 13.9. The Kier molecular flexibility index (Phi) is 6.10. The Bertz CT molecular complexity index is 303. The van der Waals surface area contributed by atoms with Crippen LogP contribution >= 0.6 is 0 Å². The van der Waals surface area contributed by atoms with Gasteiger partial charge in [0.15, 0.2) is 0 Å². The summed E-state index contributed by atoms with van der Waals surface area (Å²) in [5.74, 6) is 0.907. The smallest absolute Gasteiger partial charge is 0.0632 e. The molecular weight excluding hydrogens is 260 g/mol. The topological polar surface area (TPSA) is 35.5 Å². The molecule has 1 atom stereocenters. The molecule has 21 heavy (non-hydrogen) atoms. The van der Waals surface area contributed by atoms with Crippen LogP contribution in [0.15, 0.2) is 0 Å². The molecule has 1 saturated heterocycles. The molecule has 0 amide bonds. The summed E-state index contributed by atoms with van der Waals surface area (Å²) < 4.78 is 0. The van der Waals surface area contributed by atoms with Crippen LogP contribution in [0.1, 0.15) is 65.7 Å². The van der Waals surface area contributed by atoms with Gasteiger partial charge in [-0.05, 0) is 63.5 Å². The molecule has 2 N–H and O–H groups in total. The van der Waals surface area contributed by atoms with Crippen LogP contribution in [0.25, 0.3) is 0 Å². The van der Waals surface area contributed by atoms with E-state index in [4.69, 9.17) is 0 Å². The largest absolute Gasteiger partial charge is 0.390 e. The third-order valence-electron chi connectivity index (χ3n) is 5.80. The summed E-state index contributed by atoms with van der Waals surface area (Å²) in [6, 6.07) is 0. The lowest BCUT2D eigenvalue weighted by Gasteiger charge is -2.43. The lowest BCUT2D eigenvalue weighted by atomic mass is 9.70. The zero-order valence-corrected chi connectivity index (χ0v) is 14.5. The molecule has 0 bridgehead atoms.